The molecule has 3 N–H and O–H groups in total. The van der Waals surface area contributed by atoms with E-state index in [0.717, 1.165) is 18.4 Å². The van der Waals surface area contributed by atoms with E-state index >= 15 is 0 Å². The van der Waals surface area contributed by atoms with Gasteiger partial charge in [0.25, 0.3) is 0 Å². The quantitative estimate of drug-likeness (QED) is 0.637. The number of nitrogens with one attached hydrogen (secondary N) is 1. The minimum Gasteiger partial charge on any atom is -0.271 e. The third kappa shape index (κ3) is 3.26. The van der Waals surface area contributed by atoms with Crippen molar-refractivity contribution < 1.29 is 4.39 Å². The molecule has 0 spiro atoms. The van der Waals surface area contributed by atoms with E-state index in [1.54, 1.807) is 6.07 Å². The van der Waals surface area contributed by atoms with Crippen molar-refractivity contribution >= 4 is 15.9 Å². The van der Waals surface area contributed by atoms with Gasteiger partial charge in [-0.2, -0.15) is 0 Å². The molecule has 0 saturated heterocycles. The topological polar surface area (TPSA) is 38.0 Å². The average molecular weight is 337 g/mol. The van der Waals surface area contributed by atoms with Gasteiger partial charge in [0, 0.05) is 10.0 Å². The van der Waals surface area contributed by atoms with E-state index in [9.17, 15) is 4.39 Å². The highest BCUT2D eigenvalue weighted by Crippen LogP contribution is 2.30. The zero-order valence-corrected chi connectivity index (χ0v) is 13.0. The molecule has 2 rings (SSSR count). The van der Waals surface area contributed by atoms with Crippen molar-refractivity contribution in [1.82, 2.24) is 5.43 Å². The lowest BCUT2D eigenvalue weighted by Gasteiger charge is -2.19. The van der Waals surface area contributed by atoms with Gasteiger partial charge in [-0.25, -0.2) is 9.82 Å². The fourth-order valence-electron chi connectivity index (χ4n) is 2.35. The smallest absolute Gasteiger partial charge is 0.129 e. The fraction of sp³-hybridized carbons (Fsp3) is 0.250. The zero-order valence-electron chi connectivity index (χ0n) is 11.4. The van der Waals surface area contributed by atoms with E-state index in [1.807, 2.05) is 18.2 Å². The third-order valence-corrected chi connectivity index (χ3v) is 3.97. The van der Waals surface area contributed by atoms with Crippen molar-refractivity contribution in [3.05, 3.63) is 69.4 Å². The minimum atomic E-state index is -0.373. The van der Waals surface area contributed by atoms with Crippen LogP contribution >= 0.6 is 15.9 Å². The van der Waals surface area contributed by atoms with Gasteiger partial charge in [-0.3, -0.25) is 5.84 Å². The van der Waals surface area contributed by atoms with E-state index in [0.29, 0.717) is 10.0 Å². The Hall–Kier alpha value is -1.23. The highest BCUT2D eigenvalue weighted by Gasteiger charge is 2.19. The summed E-state index contributed by atoms with van der Waals surface area (Å²) in [4.78, 5) is 0. The zero-order chi connectivity index (χ0) is 14.5. The first-order valence-electron chi connectivity index (χ1n) is 6.66. The average Bonchev–Trinajstić information content (AvgIpc) is 2.44. The van der Waals surface area contributed by atoms with Crippen molar-refractivity contribution in [2.24, 2.45) is 5.84 Å². The van der Waals surface area contributed by atoms with E-state index in [4.69, 9.17) is 5.84 Å². The summed E-state index contributed by atoms with van der Waals surface area (Å²) in [6.45, 7) is 2.14. The van der Waals surface area contributed by atoms with Crippen LogP contribution in [-0.2, 0) is 6.42 Å². The Kier molecular flexibility index (Phi) is 5.29. The molecule has 2 aromatic carbocycles. The molecule has 0 aliphatic heterocycles. The molecule has 1 unspecified atom stereocenters. The highest BCUT2D eigenvalue weighted by molar-refractivity contribution is 9.10. The molecule has 0 aliphatic carbocycles. The summed E-state index contributed by atoms with van der Waals surface area (Å²) in [5.41, 5.74) is 5.44. The predicted octanol–water partition coefficient (Wildman–Crippen LogP) is 4.09. The van der Waals surface area contributed by atoms with Gasteiger partial charge in [-0.1, -0.05) is 59.6 Å². The number of hydrogen-bond acceptors (Lipinski definition) is 2. The molecule has 0 radical (unpaired) electrons. The van der Waals surface area contributed by atoms with Gasteiger partial charge in [0.15, 0.2) is 0 Å². The second-order valence-corrected chi connectivity index (χ2v) is 5.58. The fourth-order valence-corrected chi connectivity index (χ4v) is 2.92. The van der Waals surface area contributed by atoms with Gasteiger partial charge < -0.3 is 0 Å². The van der Waals surface area contributed by atoms with Crippen molar-refractivity contribution in [2.75, 3.05) is 0 Å². The maximum absolute atomic E-state index is 14.1. The standard InChI is InChI=1S/C16H18BrFN2/c1-2-5-11-6-3-7-12(10-11)16(20-19)15-13(17)8-4-9-14(15)18/h3-4,6-10,16,20H,2,5,19H2,1H3. The Bertz CT molecular complexity index is 566. The van der Waals surface area contributed by atoms with Crippen LogP contribution in [0.15, 0.2) is 46.9 Å². The Morgan fingerprint density at radius 1 is 1.25 bits per heavy atom. The SMILES string of the molecule is CCCc1cccc(C(NN)c2c(F)cccc2Br)c1. The number of aryl methyl sites for hydroxylation is 1. The van der Waals surface area contributed by atoms with Crippen LogP contribution in [-0.4, -0.2) is 0 Å². The predicted molar refractivity (Wildman–Crippen MR) is 83.7 cm³/mol. The molecule has 0 saturated carbocycles. The molecule has 0 fully saturated rings. The lowest BCUT2D eigenvalue weighted by Crippen LogP contribution is -2.30. The van der Waals surface area contributed by atoms with Crippen LogP contribution in [0.2, 0.25) is 0 Å². The lowest BCUT2D eigenvalue weighted by atomic mass is 9.96. The van der Waals surface area contributed by atoms with Gasteiger partial charge >= 0.3 is 0 Å². The summed E-state index contributed by atoms with van der Waals surface area (Å²) in [6.07, 6.45) is 2.08. The molecule has 0 amide bonds. The van der Waals surface area contributed by atoms with Crippen LogP contribution in [0.4, 0.5) is 4.39 Å². The molecule has 0 heterocycles. The van der Waals surface area contributed by atoms with E-state index < -0.39 is 0 Å². The van der Waals surface area contributed by atoms with Crippen LogP contribution in [0.5, 0.6) is 0 Å². The van der Waals surface area contributed by atoms with Gasteiger partial charge in [0.1, 0.15) is 5.82 Å². The molecule has 106 valence electrons. The molecule has 1 atom stereocenters. The summed E-state index contributed by atoms with van der Waals surface area (Å²) < 4.78 is 14.8. The van der Waals surface area contributed by atoms with Crippen LogP contribution in [0.1, 0.15) is 36.1 Å². The van der Waals surface area contributed by atoms with E-state index in [-0.39, 0.29) is 11.9 Å². The molecule has 20 heavy (non-hydrogen) atoms. The van der Waals surface area contributed by atoms with Gasteiger partial charge in [0.2, 0.25) is 0 Å². The summed E-state index contributed by atoms with van der Waals surface area (Å²) in [5, 5.41) is 0. The van der Waals surface area contributed by atoms with Crippen molar-refractivity contribution in [1.29, 1.82) is 0 Å². The maximum Gasteiger partial charge on any atom is 0.129 e. The monoisotopic (exact) mass is 336 g/mol. The first-order chi connectivity index (χ1) is 9.67. The summed E-state index contributed by atoms with van der Waals surface area (Å²) in [6, 6.07) is 12.7. The highest BCUT2D eigenvalue weighted by atomic mass is 79.9. The van der Waals surface area contributed by atoms with Crippen LogP contribution in [0.3, 0.4) is 0 Å². The molecule has 2 nitrogen and oxygen atoms in total. The van der Waals surface area contributed by atoms with Gasteiger partial charge in [0.05, 0.1) is 6.04 Å². The Morgan fingerprint density at radius 2 is 2.00 bits per heavy atom. The van der Waals surface area contributed by atoms with E-state index in [1.165, 1.54) is 11.6 Å². The minimum absolute atomic E-state index is 0.275. The number of nitrogens with two attached hydrogens (primary N) is 1. The molecule has 0 aromatic heterocycles. The van der Waals surface area contributed by atoms with Crippen LogP contribution in [0.25, 0.3) is 0 Å². The Balaban J connectivity index is 2.44. The second kappa shape index (κ2) is 6.97. The van der Waals surface area contributed by atoms with Crippen molar-refractivity contribution in [2.45, 2.75) is 25.8 Å². The number of halogens is 2. The van der Waals surface area contributed by atoms with Gasteiger partial charge in [-0.15, -0.1) is 0 Å². The molecule has 0 bridgehead atoms. The summed E-state index contributed by atoms with van der Waals surface area (Å²) in [5.74, 6) is 5.39. The molecular formula is C16H18BrFN2. The number of hydrogen-bond donors (Lipinski definition) is 2. The van der Waals surface area contributed by atoms with Crippen molar-refractivity contribution in [3.63, 3.8) is 0 Å². The molecular weight excluding hydrogens is 319 g/mol. The molecule has 4 heteroatoms. The Labute approximate surface area is 127 Å². The van der Waals surface area contributed by atoms with Crippen LogP contribution < -0.4 is 11.3 Å². The number of benzene rings is 2. The second-order valence-electron chi connectivity index (χ2n) is 4.73. The van der Waals surface area contributed by atoms with Gasteiger partial charge in [-0.05, 0) is 29.7 Å². The summed E-state index contributed by atoms with van der Waals surface area (Å²) in [7, 11) is 0. The number of rotatable bonds is 5. The molecule has 2 aromatic rings. The first kappa shape index (κ1) is 15.2. The Morgan fingerprint density at radius 3 is 2.65 bits per heavy atom. The molecule has 0 aliphatic rings. The van der Waals surface area contributed by atoms with E-state index in [2.05, 4.69) is 40.4 Å². The lowest BCUT2D eigenvalue weighted by molar-refractivity contribution is 0.557. The van der Waals surface area contributed by atoms with Crippen molar-refractivity contribution in [3.8, 4) is 0 Å². The van der Waals surface area contributed by atoms with Crippen LogP contribution in [0, 0.1) is 5.82 Å². The first-order valence-corrected chi connectivity index (χ1v) is 7.45. The third-order valence-electron chi connectivity index (χ3n) is 3.28. The summed E-state index contributed by atoms with van der Waals surface area (Å²) >= 11 is 3.40. The number of hydrazine groups is 1. The maximum atomic E-state index is 14.1. The largest absolute Gasteiger partial charge is 0.271 e. The normalized spacial score (nSPS) is 12.4.